The Balaban J connectivity index is 3.07. The van der Waals surface area contributed by atoms with Gasteiger partial charge >= 0.3 is 0 Å². The Morgan fingerprint density at radius 2 is 2.20 bits per heavy atom. The lowest BCUT2D eigenvalue weighted by Crippen LogP contribution is -1.96. The Morgan fingerprint density at radius 3 is 2.70 bits per heavy atom. The second-order valence-electron chi connectivity index (χ2n) is 2.19. The van der Waals surface area contributed by atoms with Crippen LogP contribution in [0.1, 0.15) is 17.1 Å². The monoisotopic (exact) mass is 138 g/mol. The molecule has 1 aromatic rings. The molecule has 0 spiro atoms. The molecule has 0 aromatic carbocycles. The third-order valence-electron chi connectivity index (χ3n) is 1.37. The van der Waals surface area contributed by atoms with Crippen molar-refractivity contribution in [3.05, 3.63) is 23.3 Å². The lowest BCUT2D eigenvalue weighted by molar-refractivity contribution is 0.280. The summed E-state index contributed by atoms with van der Waals surface area (Å²) in [6.07, 6.45) is 1.65. The van der Waals surface area contributed by atoms with E-state index in [-0.39, 0.29) is 6.61 Å². The number of hydrogen-bond donors (Lipinski definition) is 1. The number of nitrogens with zero attached hydrogens (tertiary/aromatic N) is 2. The number of rotatable bonds is 1. The predicted molar refractivity (Wildman–Crippen MR) is 37.4 cm³/mol. The van der Waals surface area contributed by atoms with Gasteiger partial charge in [0.1, 0.15) is 5.82 Å². The molecule has 0 aliphatic rings. The van der Waals surface area contributed by atoms with E-state index in [1.165, 1.54) is 0 Å². The fraction of sp³-hybridized carbons (Fsp3) is 0.429. The summed E-state index contributed by atoms with van der Waals surface area (Å²) in [4.78, 5) is 8.01. The molecule has 0 aliphatic carbocycles. The summed E-state index contributed by atoms with van der Waals surface area (Å²) in [5.74, 6) is 0.745. The van der Waals surface area contributed by atoms with E-state index in [0.717, 1.165) is 17.1 Å². The van der Waals surface area contributed by atoms with Crippen LogP contribution in [-0.2, 0) is 6.61 Å². The van der Waals surface area contributed by atoms with Crippen LogP contribution in [0.15, 0.2) is 6.20 Å². The topological polar surface area (TPSA) is 46.0 Å². The largest absolute Gasteiger partial charge is 0.392 e. The van der Waals surface area contributed by atoms with E-state index in [2.05, 4.69) is 9.97 Å². The smallest absolute Gasteiger partial charge is 0.125 e. The lowest BCUT2D eigenvalue weighted by atomic mass is 10.2. The number of aryl methyl sites for hydroxylation is 2. The molecule has 1 rings (SSSR count). The van der Waals surface area contributed by atoms with Crippen LogP contribution in [0.25, 0.3) is 0 Å². The van der Waals surface area contributed by atoms with Crippen LogP contribution in [0, 0.1) is 13.8 Å². The normalized spacial score (nSPS) is 9.90. The fourth-order valence-corrected chi connectivity index (χ4v) is 0.763. The van der Waals surface area contributed by atoms with E-state index in [9.17, 15) is 0 Å². The molecule has 0 saturated heterocycles. The van der Waals surface area contributed by atoms with Crippen LogP contribution in [0.5, 0.6) is 0 Å². The van der Waals surface area contributed by atoms with Crippen molar-refractivity contribution in [2.24, 2.45) is 0 Å². The molecule has 1 N–H and O–H groups in total. The van der Waals surface area contributed by atoms with Gasteiger partial charge in [-0.05, 0) is 13.8 Å². The lowest BCUT2D eigenvalue weighted by Gasteiger charge is -1.99. The molecule has 10 heavy (non-hydrogen) atoms. The average molecular weight is 138 g/mol. The van der Waals surface area contributed by atoms with Gasteiger partial charge in [-0.1, -0.05) is 0 Å². The molecule has 54 valence electrons. The first kappa shape index (κ1) is 7.15. The quantitative estimate of drug-likeness (QED) is 0.617. The molecule has 0 atom stereocenters. The third-order valence-corrected chi connectivity index (χ3v) is 1.37. The van der Waals surface area contributed by atoms with Crippen LogP contribution >= 0.6 is 0 Å². The minimum absolute atomic E-state index is 0.0200. The molecule has 0 fully saturated rings. The first-order valence-corrected chi connectivity index (χ1v) is 3.14. The van der Waals surface area contributed by atoms with Crippen molar-refractivity contribution in [3.8, 4) is 0 Å². The van der Waals surface area contributed by atoms with Gasteiger partial charge in [-0.2, -0.15) is 0 Å². The second kappa shape index (κ2) is 2.75. The van der Waals surface area contributed by atoms with Gasteiger partial charge in [0.2, 0.25) is 0 Å². The fourth-order valence-electron chi connectivity index (χ4n) is 0.763. The molecule has 0 unspecified atom stereocenters. The number of aliphatic hydroxyl groups is 1. The van der Waals surface area contributed by atoms with Crippen molar-refractivity contribution in [2.45, 2.75) is 20.5 Å². The van der Waals surface area contributed by atoms with Gasteiger partial charge in [-0.25, -0.2) is 9.97 Å². The maximum atomic E-state index is 8.73. The van der Waals surface area contributed by atoms with E-state index in [4.69, 9.17) is 5.11 Å². The molecule has 0 radical (unpaired) electrons. The molecule has 0 amide bonds. The van der Waals surface area contributed by atoms with E-state index < -0.39 is 0 Å². The van der Waals surface area contributed by atoms with Crippen molar-refractivity contribution in [1.29, 1.82) is 0 Å². The van der Waals surface area contributed by atoms with E-state index in [0.29, 0.717) is 0 Å². The van der Waals surface area contributed by atoms with Crippen molar-refractivity contribution in [2.75, 3.05) is 0 Å². The van der Waals surface area contributed by atoms with E-state index in [1.807, 2.05) is 13.8 Å². The molecular formula is C7H10N2O. The molecule has 3 heteroatoms. The summed E-state index contributed by atoms with van der Waals surface area (Å²) in [5.41, 5.74) is 1.65. The highest BCUT2D eigenvalue weighted by atomic mass is 16.3. The molecule has 1 aromatic heterocycles. The van der Waals surface area contributed by atoms with Crippen molar-refractivity contribution in [3.63, 3.8) is 0 Å². The van der Waals surface area contributed by atoms with Crippen molar-refractivity contribution >= 4 is 0 Å². The minimum atomic E-state index is 0.0200. The summed E-state index contributed by atoms with van der Waals surface area (Å²) < 4.78 is 0. The van der Waals surface area contributed by atoms with Crippen molar-refractivity contribution in [1.82, 2.24) is 9.97 Å². The Bertz CT molecular complexity index is 235. The predicted octanol–water partition coefficient (Wildman–Crippen LogP) is 0.586. The highest BCUT2D eigenvalue weighted by Gasteiger charge is 1.97. The maximum Gasteiger partial charge on any atom is 0.125 e. The molecule has 1 heterocycles. The van der Waals surface area contributed by atoms with Crippen molar-refractivity contribution < 1.29 is 5.11 Å². The van der Waals surface area contributed by atoms with Gasteiger partial charge < -0.3 is 5.11 Å². The summed E-state index contributed by atoms with van der Waals surface area (Å²) in [6, 6.07) is 0. The first-order chi connectivity index (χ1) is 4.74. The highest BCUT2D eigenvalue weighted by Crippen LogP contribution is 2.01. The van der Waals surface area contributed by atoms with Crippen LogP contribution in [0.4, 0.5) is 0 Å². The van der Waals surface area contributed by atoms with Crippen LogP contribution < -0.4 is 0 Å². The van der Waals surface area contributed by atoms with E-state index in [1.54, 1.807) is 6.20 Å². The van der Waals surface area contributed by atoms with Crippen LogP contribution in [-0.4, -0.2) is 15.1 Å². The van der Waals surface area contributed by atoms with Gasteiger partial charge in [-0.3, -0.25) is 0 Å². The minimum Gasteiger partial charge on any atom is -0.392 e. The third kappa shape index (κ3) is 1.30. The van der Waals surface area contributed by atoms with Crippen LogP contribution in [0.3, 0.4) is 0 Å². The molecular weight excluding hydrogens is 128 g/mol. The Kier molecular flexibility index (Phi) is 1.97. The van der Waals surface area contributed by atoms with Gasteiger partial charge in [0.25, 0.3) is 0 Å². The van der Waals surface area contributed by atoms with Gasteiger partial charge in [0.05, 0.1) is 6.61 Å². The number of aliphatic hydroxyl groups excluding tert-OH is 1. The van der Waals surface area contributed by atoms with Gasteiger partial charge in [-0.15, -0.1) is 0 Å². The highest BCUT2D eigenvalue weighted by molar-refractivity contribution is 5.14. The van der Waals surface area contributed by atoms with Gasteiger partial charge in [0, 0.05) is 17.5 Å². The molecule has 0 bridgehead atoms. The zero-order valence-electron chi connectivity index (χ0n) is 6.13. The zero-order chi connectivity index (χ0) is 7.56. The van der Waals surface area contributed by atoms with Gasteiger partial charge in [0.15, 0.2) is 0 Å². The number of aromatic nitrogens is 2. The standard InChI is InChI=1S/C7H10N2O/c1-5-7(4-10)3-8-6(2)9-5/h3,10H,4H2,1-2H3. The Labute approximate surface area is 59.8 Å². The average Bonchev–Trinajstić information content (AvgIpc) is 1.88. The first-order valence-electron chi connectivity index (χ1n) is 3.14. The Morgan fingerprint density at radius 1 is 1.50 bits per heavy atom. The zero-order valence-corrected chi connectivity index (χ0v) is 6.13. The summed E-state index contributed by atoms with van der Waals surface area (Å²) >= 11 is 0. The summed E-state index contributed by atoms with van der Waals surface area (Å²) in [5, 5.41) is 8.73. The number of hydrogen-bond acceptors (Lipinski definition) is 3. The molecule has 0 aliphatic heterocycles. The molecule has 0 saturated carbocycles. The summed E-state index contributed by atoms with van der Waals surface area (Å²) in [6.45, 7) is 3.71. The maximum absolute atomic E-state index is 8.73. The van der Waals surface area contributed by atoms with Crippen LogP contribution in [0.2, 0.25) is 0 Å². The summed E-state index contributed by atoms with van der Waals surface area (Å²) in [7, 11) is 0. The van der Waals surface area contributed by atoms with E-state index >= 15 is 0 Å². The SMILES string of the molecule is Cc1ncc(CO)c(C)n1. The molecule has 3 nitrogen and oxygen atoms in total. The Hall–Kier alpha value is -0.960. The second-order valence-corrected chi connectivity index (χ2v) is 2.19.